The molecule has 0 aliphatic carbocycles. The summed E-state index contributed by atoms with van der Waals surface area (Å²) >= 11 is 0. The number of benzene rings is 1. The molecule has 0 bridgehead atoms. The van der Waals surface area contributed by atoms with Gasteiger partial charge in [-0.2, -0.15) is 0 Å². The molecule has 0 amide bonds. The number of quaternary nitrogens is 1. The minimum atomic E-state index is -0.368. The lowest BCUT2D eigenvalue weighted by Crippen LogP contribution is -3.15. The number of halogens is 1. The van der Waals surface area contributed by atoms with Gasteiger partial charge in [0.25, 0.3) is 5.56 Å². The number of hydrogen-bond donors (Lipinski definition) is 1. The number of nitrogens with zero attached hydrogens (tertiary/aromatic N) is 4. The first-order chi connectivity index (χ1) is 13.9. The Labute approximate surface area is 186 Å². The van der Waals surface area contributed by atoms with E-state index in [2.05, 4.69) is 42.1 Å². The molecular weight excluding hydrogens is 446 g/mol. The van der Waals surface area contributed by atoms with Gasteiger partial charge >= 0.3 is 5.69 Å². The lowest BCUT2D eigenvalue weighted by molar-refractivity contribution is -0.916. The van der Waals surface area contributed by atoms with E-state index in [0.717, 1.165) is 24.0 Å². The smallest absolute Gasteiger partial charge is 0.332 e. The fourth-order valence-corrected chi connectivity index (χ4v) is 3.80. The van der Waals surface area contributed by atoms with Crippen LogP contribution < -0.4 is 33.1 Å². The van der Waals surface area contributed by atoms with E-state index in [1.54, 1.807) is 13.4 Å². The molecule has 7 nitrogen and oxygen atoms in total. The second kappa shape index (κ2) is 10.4. The standard InChI is InChI=1S/C22H27N5O2.BrH/c1-5-12-26(17(2)15-18-10-7-6-8-11-18)13-9-14-27-16-23-20-19(27)21(28)25(4)22(29)24(20)3;/h1,6-8,10-11,16-17H,9,12-15H2,2-4H3;1H. The van der Waals surface area contributed by atoms with Crippen molar-refractivity contribution in [1.29, 1.82) is 0 Å². The van der Waals surface area contributed by atoms with Crippen LogP contribution in [0.5, 0.6) is 0 Å². The average molecular weight is 474 g/mol. The van der Waals surface area contributed by atoms with Gasteiger partial charge in [0.2, 0.25) is 0 Å². The molecule has 2 heterocycles. The van der Waals surface area contributed by atoms with Gasteiger partial charge < -0.3 is 26.4 Å². The van der Waals surface area contributed by atoms with Crippen LogP contribution in [0.3, 0.4) is 0 Å². The SMILES string of the molecule is C#CC[NH+](CCCn1cnc2c1c(=O)n(C)c(=O)n2C)C(C)Cc1ccccc1.[Br-]. The number of terminal acetylenes is 1. The van der Waals surface area contributed by atoms with E-state index < -0.39 is 0 Å². The Hall–Kier alpha value is -2.63. The predicted molar refractivity (Wildman–Crippen MR) is 114 cm³/mol. The zero-order valence-electron chi connectivity index (χ0n) is 17.6. The van der Waals surface area contributed by atoms with Crippen LogP contribution in [0.4, 0.5) is 0 Å². The largest absolute Gasteiger partial charge is 1.00 e. The number of nitrogens with one attached hydrogen (secondary N) is 1. The predicted octanol–water partition coefficient (Wildman–Crippen LogP) is -3.02. The third-order valence-electron chi connectivity index (χ3n) is 5.52. The fraction of sp³-hybridized carbons (Fsp3) is 0.409. The van der Waals surface area contributed by atoms with E-state index in [4.69, 9.17) is 6.42 Å². The lowest BCUT2D eigenvalue weighted by Gasteiger charge is -2.24. The van der Waals surface area contributed by atoms with Gasteiger partial charge in [-0.1, -0.05) is 30.3 Å². The van der Waals surface area contributed by atoms with E-state index in [1.807, 2.05) is 10.6 Å². The molecule has 0 aliphatic rings. The zero-order chi connectivity index (χ0) is 21.0. The molecule has 1 aromatic carbocycles. The number of aryl methyl sites for hydroxylation is 2. The second-order valence-electron chi connectivity index (χ2n) is 7.55. The van der Waals surface area contributed by atoms with E-state index in [1.165, 1.54) is 22.1 Å². The molecule has 0 spiro atoms. The Morgan fingerprint density at radius 2 is 1.87 bits per heavy atom. The van der Waals surface area contributed by atoms with Crippen LogP contribution in [0.25, 0.3) is 11.2 Å². The van der Waals surface area contributed by atoms with Crippen molar-refractivity contribution in [3.05, 3.63) is 63.1 Å². The molecule has 0 saturated carbocycles. The first-order valence-electron chi connectivity index (χ1n) is 9.86. The molecule has 30 heavy (non-hydrogen) atoms. The van der Waals surface area contributed by atoms with Gasteiger partial charge in [0, 0.05) is 33.5 Å². The number of rotatable bonds is 8. The summed E-state index contributed by atoms with van der Waals surface area (Å²) in [7, 11) is 3.12. The number of fused-ring (bicyclic) bond motifs is 1. The Morgan fingerprint density at radius 3 is 2.53 bits per heavy atom. The summed E-state index contributed by atoms with van der Waals surface area (Å²) in [4.78, 5) is 30.2. The summed E-state index contributed by atoms with van der Waals surface area (Å²) < 4.78 is 4.37. The highest BCUT2D eigenvalue weighted by molar-refractivity contribution is 5.69. The van der Waals surface area contributed by atoms with Crippen LogP contribution in [0.1, 0.15) is 18.9 Å². The highest BCUT2D eigenvalue weighted by atomic mass is 79.9. The molecule has 1 N–H and O–H groups in total. The number of imidazole rings is 1. The van der Waals surface area contributed by atoms with Crippen LogP contribution >= 0.6 is 0 Å². The number of hydrogen-bond acceptors (Lipinski definition) is 3. The van der Waals surface area contributed by atoms with Gasteiger partial charge in [-0.05, 0) is 18.4 Å². The van der Waals surface area contributed by atoms with Crippen molar-refractivity contribution in [1.82, 2.24) is 18.7 Å². The van der Waals surface area contributed by atoms with Crippen molar-refractivity contribution in [2.24, 2.45) is 14.1 Å². The van der Waals surface area contributed by atoms with Crippen molar-refractivity contribution in [2.75, 3.05) is 13.1 Å². The fourth-order valence-electron chi connectivity index (χ4n) is 3.80. The van der Waals surface area contributed by atoms with Crippen LogP contribution in [0.15, 0.2) is 46.2 Å². The molecule has 3 aromatic rings. The van der Waals surface area contributed by atoms with E-state index >= 15 is 0 Å². The second-order valence-corrected chi connectivity index (χ2v) is 7.55. The first-order valence-corrected chi connectivity index (χ1v) is 9.86. The minimum absolute atomic E-state index is 0. The Morgan fingerprint density at radius 1 is 1.17 bits per heavy atom. The third-order valence-corrected chi connectivity index (χ3v) is 5.52. The Kier molecular flexibility index (Phi) is 8.21. The Bertz CT molecular complexity index is 1140. The molecule has 2 atom stereocenters. The molecule has 3 rings (SSSR count). The summed E-state index contributed by atoms with van der Waals surface area (Å²) in [6, 6.07) is 10.8. The summed E-state index contributed by atoms with van der Waals surface area (Å²) in [6.45, 7) is 4.42. The van der Waals surface area contributed by atoms with Crippen molar-refractivity contribution in [3.63, 3.8) is 0 Å². The van der Waals surface area contributed by atoms with Crippen molar-refractivity contribution < 1.29 is 21.9 Å². The molecule has 0 fully saturated rings. The van der Waals surface area contributed by atoms with E-state index in [0.29, 0.717) is 30.3 Å². The summed E-state index contributed by atoms with van der Waals surface area (Å²) in [5, 5.41) is 0. The third kappa shape index (κ3) is 4.91. The Balaban J connectivity index is 0.00000320. The molecule has 8 heteroatoms. The van der Waals surface area contributed by atoms with Gasteiger partial charge in [0.1, 0.15) is 6.54 Å². The topological polar surface area (TPSA) is 66.3 Å². The van der Waals surface area contributed by atoms with Gasteiger partial charge in [-0.15, -0.1) is 6.42 Å². The quantitative estimate of drug-likeness (QED) is 0.354. The maximum atomic E-state index is 12.6. The van der Waals surface area contributed by atoms with Crippen LogP contribution in [-0.4, -0.2) is 37.8 Å². The van der Waals surface area contributed by atoms with Crippen molar-refractivity contribution >= 4 is 11.2 Å². The molecule has 160 valence electrons. The molecule has 0 aliphatic heterocycles. The highest BCUT2D eigenvalue weighted by Crippen LogP contribution is 2.06. The van der Waals surface area contributed by atoms with Crippen LogP contribution in [0, 0.1) is 12.3 Å². The van der Waals surface area contributed by atoms with Gasteiger partial charge in [0.05, 0.1) is 18.9 Å². The van der Waals surface area contributed by atoms with Crippen molar-refractivity contribution in [2.45, 2.75) is 32.4 Å². The summed E-state index contributed by atoms with van der Waals surface area (Å²) in [5.74, 6) is 2.79. The molecule has 2 unspecified atom stereocenters. The molecule has 2 aromatic heterocycles. The summed E-state index contributed by atoms with van der Waals surface area (Å²) in [6.07, 6.45) is 9.07. The molecule has 0 saturated heterocycles. The average Bonchev–Trinajstić information content (AvgIpc) is 3.15. The maximum Gasteiger partial charge on any atom is 0.332 e. The van der Waals surface area contributed by atoms with Crippen LogP contribution in [-0.2, 0) is 27.1 Å². The molecular formula is C22H28BrN5O2. The van der Waals surface area contributed by atoms with Gasteiger partial charge in [-0.3, -0.25) is 13.9 Å². The number of aromatic nitrogens is 4. The zero-order valence-corrected chi connectivity index (χ0v) is 19.2. The van der Waals surface area contributed by atoms with Gasteiger partial charge in [0.15, 0.2) is 11.2 Å². The van der Waals surface area contributed by atoms with Crippen molar-refractivity contribution in [3.8, 4) is 12.3 Å². The first kappa shape index (κ1) is 23.6. The van der Waals surface area contributed by atoms with E-state index in [-0.39, 0.29) is 28.2 Å². The summed E-state index contributed by atoms with van der Waals surface area (Å²) in [5.41, 5.74) is 1.51. The molecule has 0 radical (unpaired) electrons. The van der Waals surface area contributed by atoms with Gasteiger partial charge in [-0.25, -0.2) is 9.78 Å². The lowest BCUT2D eigenvalue weighted by atomic mass is 10.1. The minimum Gasteiger partial charge on any atom is -1.00 e. The normalized spacial score (nSPS) is 12.9. The highest BCUT2D eigenvalue weighted by Gasteiger charge is 2.18. The maximum absolute atomic E-state index is 12.6. The van der Waals surface area contributed by atoms with E-state index in [9.17, 15) is 9.59 Å². The van der Waals surface area contributed by atoms with Crippen LogP contribution in [0.2, 0.25) is 0 Å². The monoisotopic (exact) mass is 473 g/mol.